The van der Waals surface area contributed by atoms with Gasteiger partial charge in [-0.05, 0) is 51.1 Å². The lowest BCUT2D eigenvalue weighted by molar-refractivity contribution is -0.120. The minimum Gasteiger partial charge on any atom is -0.325 e. The maximum absolute atomic E-state index is 12.9. The quantitative estimate of drug-likeness (QED) is 0.733. The maximum atomic E-state index is 12.9. The molecule has 5 nitrogen and oxygen atoms in total. The molecule has 4 rings (SSSR count). The molecule has 5 heteroatoms. The van der Waals surface area contributed by atoms with Gasteiger partial charge in [-0.2, -0.15) is 0 Å². The lowest BCUT2D eigenvalue weighted by Gasteiger charge is -2.29. The van der Waals surface area contributed by atoms with Crippen molar-refractivity contribution in [2.24, 2.45) is 0 Å². The number of rotatable bonds is 3. The van der Waals surface area contributed by atoms with E-state index in [1.165, 1.54) is 19.3 Å². The number of nitrogens with zero attached hydrogens (tertiary/aromatic N) is 1. The molecule has 1 aliphatic carbocycles. The summed E-state index contributed by atoms with van der Waals surface area (Å²) < 4.78 is 0. The summed E-state index contributed by atoms with van der Waals surface area (Å²) in [5.41, 5.74) is 2.15. The molecular weight excluding hydrogens is 364 g/mol. The first-order valence-corrected chi connectivity index (χ1v) is 10.4. The zero-order chi connectivity index (χ0) is 20.4. The Balaban J connectivity index is 1.52. The summed E-state index contributed by atoms with van der Waals surface area (Å²) in [6.07, 6.45) is 5.94. The van der Waals surface area contributed by atoms with Crippen molar-refractivity contribution >= 4 is 23.2 Å². The molecule has 1 amide bonds. The third-order valence-electron chi connectivity index (χ3n) is 6.01. The van der Waals surface area contributed by atoms with Gasteiger partial charge in [-0.1, -0.05) is 43.5 Å². The Morgan fingerprint density at radius 1 is 0.828 bits per heavy atom. The van der Waals surface area contributed by atoms with E-state index in [1.54, 1.807) is 42.5 Å². The second-order valence-corrected chi connectivity index (χ2v) is 7.93. The third-order valence-corrected chi connectivity index (χ3v) is 6.01. The second-order valence-electron chi connectivity index (χ2n) is 7.93. The molecule has 1 saturated heterocycles. The van der Waals surface area contributed by atoms with Gasteiger partial charge in [0.15, 0.2) is 11.6 Å². The molecule has 2 aromatic rings. The maximum Gasteiger partial charge on any atom is 0.241 e. The summed E-state index contributed by atoms with van der Waals surface area (Å²) in [6, 6.07) is 11.6. The van der Waals surface area contributed by atoms with Crippen LogP contribution in [0.5, 0.6) is 0 Å². The van der Waals surface area contributed by atoms with Crippen molar-refractivity contribution in [3.63, 3.8) is 0 Å². The Bertz CT molecular complexity index is 958. The smallest absolute Gasteiger partial charge is 0.241 e. The van der Waals surface area contributed by atoms with Crippen LogP contribution in [0.15, 0.2) is 42.5 Å². The number of hydrogen-bond acceptors (Lipinski definition) is 4. The first-order valence-electron chi connectivity index (χ1n) is 10.4. The molecule has 1 N–H and O–H groups in total. The summed E-state index contributed by atoms with van der Waals surface area (Å²) in [6.45, 7) is 3.80. The SMILES string of the molecule is C[C@@H](C(=O)Nc1ccc2c(c1)C(=O)c1ccccc1C2=O)N1CCCCCCC1. The zero-order valence-corrected chi connectivity index (χ0v) is 16.7. The Morgan fingerprint density at radius 2 is 1.38 bits per heavy atom. The van der Waals surface area contributed by atoms with E-state index >= 15 is 0 Å². The Labute approximate surface area is 171 Å². The van der Waals surface area contributed by atoms with Gasteiger partial charge >= 0.3 is 0 Å². The molecule has 0 aromatic heterocycles. The van der Waals surface area contributed by atoms with E-state index in [4.69, 9.17) is 0 Å². The lowest BCUT2D eigenvalue weighted by Crippen LogP contribution is -2.43. The van der Waals surface area contributed by atoms with Crippen LogP contribution in [0.3, 0.4) is 0 Å². The van der Waals surface area contributed by atoms with Gasteiger partial charge in [0.2, 0.25) is 5.91 Å². The van der Waals surface area contributed by atoms with Crippen LogP contribution in [-0.4, -0.2) is 41.5 Å². The molecule has 150 valence electrons. The second kappa shape index (κ2) is 8.29. The minimum atomic E-state index is -0.234. The zero-order valence-electron chi connectivity index (χ0n) is 16.7. The Hall–Kier alpha value is -2.79. The molecule has 1 atom stereocenters. The number of nitrogens with one attached hydrogen (secondary N) is 1. The predicted molar refractivity (Wildman–Crippen MR) is 112 cm³/mol. The number of hydrogen-bond donors (Lipinski definition) is 1. The number of benzene rings is 2. The third kappa shape index (κ3) is 3.87. The van der Waals surface area contributed by atoms with Crippen molar-refractivity contribution < 1.29 is 14.4 Å². The molecule has 1 fully saturated rings. The van der Waals surface area contributed by atoms with E-state index in [-0.39, 0.29) is 23.5 Å². The lowest BCUT2D eigenvalue weighted by atomic mass is 9.84. The van der Waals surface area contributed by atoms with Crippen molar-refractivity contribution in [1.29, 1.82) is 0 Å². The number of ketones is 2. The molecule has 1 heterocycles. The van der Waals surface area contributed by atoms with Gasteiger partial charge in [0, 0.05) is 27.9 Å². The van der Waals surface area contributed by atoms with Gasteiger partial charge < -0.3 is 5.32 Å². The molecule has 0 unspecified atom stereocenters. The summed E-state index contributed by atoms with van der Waals surface area (Å²) in [4.78, 5) is 40.6. The first kappa shape index (κ1) is 19.5. The summed E-state index contributed by atoms with van der Waals surface area (Å²) in [7, 11) is 0. The van der Waals surface area contributed by atoms with Gasteiger partial charge in [0.1, 0.15) is 0 Å². The van der Waals surface area contributed by atoms with Gasteiger partial charge in [0.05, 0.1) is 6.04 Å². The van der Waals surface area contributed by atoms with E-state index < -0.39 is 0 Å². The van der Waals surface area contributed by atoms with Crippen molar-refractivity contribution in [2.45, 2.75) is 45.1 Å². The van der Waals surface area contributed by atoms with Crippen molar-refractivity contribution in [3.8, 4) is 0 Å². The van der Waals surface area contributed by atoms with Gasteiger partial charge in [-0.15, -0.1) is 0 Å². The van der Waals surface area contributed by atoms with Crippen LogP contribution in [0.1, 0.15) is 70.9 Å². The average Bonchev–Trinajstić information content (AvgIpc) is 2.71. The largest absolute Gasteiger partial charge is 0.325 e. The number of likely N-dealkylation sites (tertiary alicyclic amines) is 1. The molecule has 29 heavy (non-hydrogen) atoms. The predicted octanol–water partition coefficient (Wildman–Crippen LogP) is 4.06. The fraction of sp³-hybridized carbons (Fsp3) is 0.375. The van der Waals surface area contributed by atoms with E-state index in [1.807, 2.05) is 6.92 Å². The van der Waals surface area contributed by atoms with Crippen molar-refractivity contribution in [2.75, 3.05) is 18.4 Å². The van der Waals surface area contributed by atoms with Crippen LogP contribution in [-0.2, 0) is 4.79 Å². The van der Waals surface area contributed by atoms with Crippen molar-refractivity contribution in [3.05, 3.63) is 64.7 Å². The fourth-order valence-corrected chi connectivity index (χ4v) is 4.25. The highest BCUT2D eigenvalue weighted by Gasteiger charge is 2.30. The van der Waals surface area contributed by atoms with E-state index in [0.717, 1.165) is 25.9 Å². The first-order chi connectivity index (χ1) is 14.1. The topological polar surface area (TPSA) is 66.5 Å². The fourth-order valence-electron chi connectivity index (χ4n) is 4.25. The van der Waals surface area contributed by atoms with E-state index in [2.05, 4.69) is 10.2 Å². The van der Waals surface area contributed by atoms with Gasteiger partial charge in [-0.3, -0.25) is 19.3 Å². The van der Waals surface area contributed by atoms with Crippen LogP contribution in [0.2, 0.25) is 0 Å². The summed E-state index contributed by atoms with van der Waals surface area (Å²) in [5.74, 6) is -0.411. The normalized spacial score (nSPS) is 18.2. The molecule has 2 aliphatic rings. The highest BCUT2D eigenvalue weighted by molar-refractivity contribution is 6.28. The van der Waals surface area contributed by atoms with E-state index in [0.29, 0.717) is 27.9 Å². The number of fused-ring (bicyclic) bond motifs is 2. The highest BCUT2D eigenvalue weighted by Crippen LogP contribution is 2.29. The van der Waals surface area contributed by atoms with Crippen LogP contribution >= 0.6 is 0 Å². The monoisotopic (exact) mass is 390 g/mol. The van der Waals surface area contributed by atoms with Crippen molar-refractivity contribution in [1.82, 2.24) is 4.90 Å². The van der Waals surface area contributed by atoms with E-state index in [9.17, 15) is 14.4 Å². The number of carbonyl (C=O) groups excluding carboxylic acids is 3. The Kier molecular flexibility index (Phi) is 5.58. The van der Waals surface area contributed by atoms with Crippen LogP contribution in [0.25, 0.3) is 0 Å². The molecular formula is C24H26N2O3. The standard InChI is InChI=1S/C24H26N2O3/c1-16(26-13-7-3-2-4-8-14-26)24(29)25-17-11-12-20-21(15-17)23(28)19-10-6-5-9-18(19)22(20)27/h5-6,9-12,15-16H,2-4,7-8,13-14H2,1H3,(H,25,29)/t16-/m0/s1. The molecule has 0 saturated carbocycles. The van der Waals surface area contributed by atoms with Gasteiger partial charge in [-0.25, -0.2) is 0 Å². The number of anilines is 1. The molecule has 0 spiro atoms. The van der Waals surface area contributed by atoms with Crippen LogP contribution in [0, 0.1) is 0 Å². The van der Waals surface area contributed by atoms with Crippen LogP contribution < -0.4 is 5.32 Å². The summed E-state index contributed by atoms with van der Waals surface area (Å²) >= 11 is 0. The van der Waals surface area contributed by atoms with Gasteiger partial charge in [0.25, 0.3) is 0 Å². The average molecular weight is 390 g/mol. The highest BCUT2D eigenvalue weighted by atomic mass is 16.2. The molecule has 0 radical (unpaired) electrons. The number of amides is 1. The summed E-state index contributed by atoms with van der Waals surface area (Å²) in [5, 5.41) is 2.94. The molecule has 1 aliphatic heterocycles. The Morgan fingerprint density at radius 3 is 2.03 bits per heavy atom. The number of carbonyl (C=O) groups is 3. The van der Waals surface area contributed by atoms with Crippen LogP contribution in [0.4, 0.5) is 5.69 Å². The minimum absolute atomic E-state index is 0.0829. The molecule has 0 bridgehead atoms. The molecule has 2 aromatic carbocycles.